The number of anilines is 1. The van der Waals surface area contributed by atoms with Crippen molar-refractivity contribution in [3.05, 3.63) is 46.7 Å². The molecule has 1 heterocycles. The van der Waals surface area contributed by atoms with Gasteiger partial charge in [-0.15, -0.1) is 0 Å². The highest BCUT2D eigenvalue weighted by molar-refractivity contribution is 9.10. The van der Waals surface area contributed by atoms with Gasteiger partial charge in [-0.1, -0.05) is 22.0 Å². The Balaban J connectivity index is 2.33. The topological polar surface area (TPSA) is 71.3 Å². The molecule has 0 spiro atoms. The molecule has 0 aliphatic heterocycles. The van der Waals surface area contributed by atoms with Crippen LogP contribution in [0.15, 0.2) is 45.9 Å². The van der Waals surface area contributed by atoms with Gasteiger partial charge in [0.15, 0.2) is 0 Å². The summed E-state index contributed by atoms with van der Waals surface area (Å²) in [6.45, 7) is 2.29. The summed E-state index contributed by atoms with van der Waals surface area (Å²) in [6.07, 6.45) is 1.52. The molecule has 0 radical (unpaired) electrons. The lowest BCUT2D eigenvalue weighted by Gasteiger charge is -2.06. The molecule has 0 aliphatic rings. The molecule has 0 aliphatic carbocycles. The monoisotopic (exact) mass is 358 g/mol. The Morgan fingerprint density at radius 1 is 1.35 bits per heavy atom. The molecule has 2 N–H and O–H groups in total. The van der Waals surface area contributed by atoms with Crippen LogP contribution in [-0.2, 0) is 23.2 Å². The minimum Gasteiger partial charge on any atom is -0.390 e. The summed E-state index contributed by atoms with van der Waals surface area (Å²) in [7, 11) is -3.65. The van der Waals surface area contributed by atoms with Crippen LogP contribution in [0.5, 0.6) is 0 Å². The third-order valence-electron chi connectivity index (χ3n) is 2.85. The largest absolute Gasteiger partial charge is 0.390 e. The van der Waals surface area contributed by atoms with Crippen molar-refractivity contribution < 1.29 is 13.5 Å². The molecular formula is C13H15BrN2O3S. The summed E-state index contributed by atoms with van der Waals surface area (Å²) < 4.78 is 29.6. The van der Waals surface area contributed by atoms with Gasteiger partial charge < -0.3 is 9.67 Å². The van der Waals surface area contributed by atoms with E-state index in [2.05, 4.69) is 20.7 Å². The number of hydrogen-bond donors (Lipinski definition) is 2. The summed E-state index contributed by atoms with van der Waals surface area (Å²) in [5.41, 5.74) is 1.05. The predicted octanol–water partition coefficient (Wildman–Crippen LogP) is 2.56. The van der Waals surface area contributed by atoms with Gasteiger partial charge in [0.25, 0.3) is 10.0 Å². The number of nitrogens with one attached hydrogen (secondary N) is 1. The Labute approximate surface area is 126 Å². The normalized spacial score (nSPS) is 11.6. The Kier molecular flexibility index (Phi) is 4.52. The first kappa shape index (κ1) is 15.1. The van der Waals surface area contributed by atoms with Crippen LogP contribution in [0.3, 0.4) is 0 Å². The Morgan fingerprint density at radius 2 is 2.10 bits per heavy atom. The third kappa shape index (κ3) is 3.23. The zero-order chi connectivity index (χ0) is 14.8. The van der Waals surface area contributed by atoms with Gasteiger partial charge in [-0.25, -0.2) is 8.42 Å². The van der Waals surface area contributed by atoms with Gasteiger partial charge in [-0.3, -0.25) is 4.72 Å². The fraction of sp³-hybridized carbons (Fsp3) is 0.231. The van der Waals surface area contributed by atoms with Gasteiger partial charge in [0.1, 0.15) is 4.90 Å². The first-order valence-electron chi connectivity index (χ1n) is 6.04. The second-order valence-corrected chi connectivity index (χ2v) is 6.83. The van der Waals surface area contributed by atoms with Gasteiger partial charge in [-0.05, 0) is 31.2 Å². The van der Waals surface area contributed by atoms with E-state index in [0.717, 1.165) is 4.47 Å². The van der Waals surface area contributed by atoms with Crippen molar-refractivity contribution in [3.8, 4) is 0 Å². The predicted molar refractivity (Wildman–Crippen MR) is 81.0 cm³/mol. The fourth-order valence-corrected chi connectivity index (χ4v) is 3.38. The number of halogens is 1. The van der Waals surface area contributed by atoms with Gasteiger partial charge in [0.2, 0.25) is 0 Å². The van der Waals surface area contributed by atoms with Crippen LogP contribution in [0.4, 0.5) is 5.69 Å². The highest BCUT2D eigenvalue weighted by Crippen LogP contribution is 2.21. The van der Waals surface area contributed by atoms with E-state index in [1.165, 1.54) is 12.3 Å². The minimum absolute atomic E-state index is 0.142. The molecule has 0 bridgehead atoms. The number of aryl methyl sites for hydroxylation is 1. The van der Waals surface area contributed by atoms with Crippen LogP contribution in [0.1, 0.15) is 12.6 Å². The van der Waals surface area contributed by atoms with Crippen molar-refractivity contribution in [2.45, 2.75) is 25.0 Å². The van der Waals surface area contributed by atoms with E-state index >= 15 is 0 Å². The first-order chi connectivity index (χ1) is 9.46. The zero-order valence-corrected chi connectivity index (χ0v) is 13.3. The van der Waals surface area contributed by atoms with E-state index in [4.69, 9.17) is 0 Å². The smallest absolute Gasteiger partial charge is 0.263 e. The summed E-state index contributed by atoms with van der Waals surface area (Å²) >= 11 is 3.29. The molecule has 2 rings (SSSR count). The maximum absolute atomic E-state index is 12.3. The standard InChI is InChI=1S/C13H15BrN2O3S/c1-2-16-8-13(7-12(16)9-17)20(18,19)15-11-5-3-4-10(14)6-11/h3-8,15,17H,2,9H2,1H3. The van der Waals surface area contributed by atoms with Gasteiger partial charge in [0, 0.05) is 28.6 Å². The van der Waals surface area contributed by atoms with Crippen molar-refractivity contribution in [1.29, 1.82) is 0 Å². The lowest BCUT2D eigenvalue weighted by Crippen LogP contribution is -2.12. The van der Waals surface area contributed by atoms with E-state index in [0.29, 0.717) is 17.9 Å². The highest BCUT2D eigenvalue weighted by atomic mass is 79.9. The van der Waals surface area contributed by atoms with Crippen LogP contribution >= 0.6 is 15.9 Å². The van der Waals surface area contributed by atoms with E-state index in [1.807, 2.05) is 13.0 Å². The number of rotatable bonds is 5. The van der Waals surface area contributed by atoms with Gasteiger partial charge >= 0.3 is 0 Å². The second kappa shape index (κ2) is 5.99. The quantitative estimate of drug-likeness (QED) is 0.862. The maximum atomic E-state index is 12.3. The van der Waals surface area contributed by atoms with Crippen LogP contribution < -0.4 is 4.72 Å². The van der Waals surface area contributed by atoms with Gasteiger partial charge in [-0.2, -0.15) is 0 Å². The van der Waals surface area contributed by atoms with Gasteiger partial charge in [0.05, 0.1) is 6.61 Å². The van der Waals surface area contributed by atoms with E-state index < -0.39 is 10.0 Å². The van der Waals surface area contributed by atoms with Crippen LogP contribution in [-0.4, -0.2) is 18.1 Å². The van der Waals surface area contributed by atoms with Crippen molar-refractivity contribution >= 4 is 31.6 Å². The lowest BCUT2D eigenvalue weighted by molar-refractivity contribution is 0.271. The van der Waals surface area contributed by atoms with Crippen LogP contribution in [0.25, 0.3) is 0 Å². The molecule has 20 heavy (non-hydrogen) atoms. The third-order valence-corrected chi connectivity index (χ3v) is 4.69. The number of aromatic nitrogens is 1. The molecule has 0 amide bonds. The van der Waals surface area contributed by atoms with Crippen molar-refractivity contribution in [2.24, 2.45) is 0 Å². The lowest BCUT2D eigenvalue weighted by atomic mass is 10.3. The molecular weight excluding hydrogens is 344 g/mol. The number of benzene rings is 1. The van der Waals surface area contributed by atoms with Crippen molar-refractivity contribution in [1.82, 2.24) is 4.57 Å². The molecule has 0 fully saturated rings. The molecule has 0 atom stereocenters. The van der Waals surface area contributed by atoms with Crippen molar-refractivity contribution in [3.63, 3.8) is 0 Å². The second-order valence-electron chi connectivity index (χ2n) is 4.23. The number of aliphatic hydroxyl groups excluding tert-OH is 1. The molecule has 5 nitrogen and oxygen atoms in total. The zero-order valence-electron chi connectivity index (χ0n) is 10.9. The minimum atomic E-state index is -3.65. The molecule has 0 unspecified atom stereocenters. The Morgan fingerprint density at radius 3 is 2.65 bits per heavy atom. The molecule has 2 aromatic rings. The molecule has 0 saturated heterocycles. The number of nitrogens with zero attached hydrogens (tertiary/aromatic N) is 1. The van der Waals surface area contributed by atoms with E-state index in [9.17, 15) is 13.5 Å². The molecule has 7 heteroatoms. The maximum Gasteiger partial charge on any atom is 0.263 e. The fourth-order valence-electron chi connectivity index (χ4n) is 1.86. The first-order valence-corrected chi connectivity index (χ1v) is 8.32. The number of aliphatic hydroxyl groups is 1. The number of hydrogen-bond acceptors (Lipinski definition) is 3. The highest BCUT2D eigenvalue weighted by Gasteiger charge is 2.18. The molecule has 0 saturated carbocycles. The van der Waals surface area contributed by atoms with Crippen LogP contribution in [0, 0.1) is 0 Å². The SMILES string of the molecule is CCn1cc(S(=O)(=O)Nc2cccc(Br)c2)cc1CO. The van der Waals surface area contributed by atoms with Crippen LogP contribution in [0.2, 0.25) is 0 Å². The summed E-state index contributed by atoms with van der Waals surface area (Å²) in [5, 5.41) is 9.21. The van der Waals surface area contributed by atoms with E-state index in [1.54, 1.807) is 22.8 Å². The Hall–Kier alpha value is -1.31. The van der Waals surface area contributed by atoms with E-state index in [-0.39, 0.29) is 11.5 Å². The Bertz CT molecular complexity index is 689. The number of sulfonamides is 1. The average Bonchev–Trinajstić information content (AvgIpc) is 2.82. The molecule has 1 aromatic heterocycles. The summed E-state index contributed by atoms with van der Waals surface area (Å²) in [4.78, 5) is 0.142. The average molecular weight is 359 g/mol. The molecule has 1 aromatic carbocycles. The summed E-state index contributed by atoms with van der Waals surface area (Å²) in [5.74, 6) is 0. The summed E-state index contributed by atoms with van der Waals surface area (Å²) in [6, 6.07) is 8.39. The van der Waals surface area contributed by atoms with Crippen molar-refractivity contribution in [2.75, 3.05) is 4.72 Å². The molecule has 108 valence electrons.